The zero-order chi connectivity index (χ0) is 20.4. The smallest absolute Gasteiger partial charge is 0.230 e. The summed E-state index contributed by atoms with van der Waals surface area (Å²) >= 11 is 0. The fourth-order valence-corrected chi connectivity index (χ4v) is 3.84. The van der Waals surface area contributed by atoms with E-state index in [1.54, 1.807) is 11.9 Å². The molecule has 1 aromatic rings. The number of rotatable bonds is 9. The van der Waals surface area contributed by atoms with Crippen molar-refractivity contribution in [3.63, 3.8) is 0 Å². The van der Waals surface area contributed by atoms with E-state index in [0.717, 1.165) is 44.7 Å². The molecule has 0 heterocycles. The Morgan fingerprint density at radius 3 is 2.46 bits per heavy atom. The molecule has 1 aliphatic carbocycles. The van der Waals surface area contributed by atoms with Gasteiger partial charge in [-0.3, -0.25) is 9.79 Å². The molecule has 0 spiro atoms. The van der Waals surface area contributed by atoms with E-state index in [1.807, 2.05) is 26.2 Å². The van der Waals surface area contributed by atoms with E-state index in [2.05, 4.69) is 34.7 Å². The maximum absolute atomic E-state index is 12.7. The number of carbonyl (C=O) groups is 1. The van der Waals surface area contributed by atoms with E-state index < -0.39 is 0 Å². The van der Waals surface area contributed by atoms with Gasteiger partial charge in [-0.15, -0.1) is 0 Å². The predicted molar refractivity (Wildman–Crippen MR) is 114 cm³/mol. The molecule has 156 valence electrons. The van der Waals surface area contributed by atoms with Crippen molar-refractivity contribution in [2.45, 2.75) is 52.2 Å². The fourth-order valence-electron chi connectivity index (χ4n) is 3.84. The normalized spacial score (nSPS) is 16.1. The molecule has 1 amide bonds. The molecule has 1 aliphatic rings. The maximum atomic E-state index is 12.7. The van der Waals surface area contributed by atoms with Gasteiger partial charge < -0.3 is 20.3 Å². The van der Waals surface area contributed by atoms with E-state index >= 15 is 0 Å². The van der Waals surface area contributed by atoms with Crippen molar-refractivity contribution in [3.05, 3.63) is 35.4 Å². The molecule has 1 aromatic carbocycles. The molecular formula is C22H36N4O2. The molecule has 0 unspecified atom stereocenters. The molecule has 28 heavy (non-hydrogen) atoms. The van der Waals surface area contributed by atoms with E-state index in [9.17, 15) is 4.79 Å². The highest BCUT2D eigenvalue weighted by Crippen LogP contribution is 2.38. The minimum Gasteiger partial charge on any atom is -0.377 e. The van der Waals surface area contributed by atoms with Crippen LogP contribution in [0.2, 0.25) is 0 Å². The van der Waals surface area contributed by atoms with Crippen LogP contribution in [0.25, 0.3) is 0 Å². The van der Waals surface area contributed by atoms with Crippen LogP contribution in [-0.4, -0.2) is 51.1 Å². The first-order valence-electron chi connectivity index (χ1n) is 10.3. The highest BCUT2D eigenvalue weighted by Gasteiger charge is 2.42. The van der Waals surface area contributed by atoms with E-state index in [1.165, 1.54) is 11.1 Å². The molecule has 0 aliphatic heterocycles. The van der Waals surface area contributed by atoms with E-state index in [0.29, 0.717) is 19.7 Å². The zero-order valence-corrected chi connectivity index (χ0v) is 17.9. The largest absolute Gasteiger partial charge is 0.377 e. The minimum absolute atomic E-state index is 0.214. The first-order chi connectivity index (χ1) is 13.5. The van der Waals surface area contributed by atoms with Crippen molar-refractivity contribution < 1.29 is 9.53 Å². The number of aliphatic imine (C=N–C) groups is 1. The van der Waals surface area contributed by atoms with Gasteiger partial charge in [-0.2, -0.15) is 0 Å². The third kappa shape index (κ3) is 5.96. The lowest BCUT2D eigenvalue weighted by Crippen LogP contribution is -2.49. The summed E-state index contributed by atoms with van der Waals surface area (Å²) in [5, 5.41) is 6.77. The van der Waals surface area contributed by atoms with Crippen LogP contribution in [0.1, 0.15) is 50.2 Å². The van der Waals surface area contributed by atoms with Crippen LogP contribution in [0.5, 0.6) is 0 Å². The molecular weight excluding hydrogens is 352 g/mol. The summed E-state index contributed by atoms with van der Waals surface area (Å²) in [4.78, 5) is 18.8. The molecule has 0 radical (unpaired) electrons. The Bertz CT molecular complexity index is 652. The highest BCUT2D eigenvalue weighted by atomic mass is 16.5. The van der Waals surface area contributed by atoms with Gasteiger partial charge in [0.1, 0.15) is 0 Å². The second-order valence-electron chi connectivity index (χ2n) is 7.79. The van der Waals surface area contributed by atoms with Gasteiger partial charge in [-0.1, -0.05) is 44.0 Å². The number of carbonyl (C=O) groups excluding carboxylic acids is 1. The number of ether oxygens (including phenoxy) is 1. The number of benzene rings is 1. The number of nitrogens with zero attached hydrogens (tertiary/aromatic N) is 2. The van der Waals surface area contributed by atoms with Gasteiger partial charge in [-0.05, 0) is 30.4 Å². The highest BCUT2D eigenvalue weighted by molar-refractivity contribution is 5.85. The maximum Gasteiger partial charge on any atom is 0.230 e. The van der Waals surface area contributed by atoms with Crippen LogP contribution in [0.3, 0.4) is 0 Å². The molecule has 0 atom stereocenters. The summed E-state index contributed by atoms with van der Waals surface area (Å²) in [6, 6.07) is 8.29. The SMILES string of the molecule is CCCOCc1ccccc1CNC(=NC)NCC1(C(=O)N(C)C)CCCC1. The van der Waals surface area contributed by atoms with E-state index in [-0.39, 0.29) is 11.3 Å². The number of amides is 1. The number of nitrogens with one attached hydrogen (secondary N) is 2. The molecule has 0 aromatic heterocycles. The summed E-state index contributed by atoms with van der Waals surface area (Å²) < 4.78 is 5.70. The second kappa shape index (κ2) is 11.1. The average molecular weight is 389 g/mol. The van der Waals surface area contributed by atoms with Crippen LogP contribution in [0.4, 0.5) is 0 Å². The van der Waals surface area contributed by atoms with Crippen molar-refractivity contribution in [1.82, 2.24) is 15.5 Å². The summed E-state index contributed by atoms with van der Waals surface area (Å²) in [7, 11) is 5.45. The fraction of sp³-hybridized carbons (Fsp3) is 0.636. The van der Waals surface area contributed by atoms with Crippen LogP contribution >= 0.6 is 0 Å². The Kier molecular flexibility index (Phi) is 8.77. The van der Waals surface area contributed by atoms with E-state index in [4.69, 9.17) is 4.74 Å². The summed E-state index contributed by atoms with van der Waals surface area (Å²) in [6.07, 6.45) is 5.11. The van der Waals surface area contributed by atoms with Crippen LogP contribution in [0, 0.1) is 5.41 Å². The monoisotopic (exact) mass is 388 g/mol. The van der Waals surface area contributed by atoms with Crippen molar-refractivity contribution in [1.29, 1.82) is 0 Å². The van der Waals surface area contributed by atoms with Crippen LogP contribution < -0.4 is 10.6 Å². The zero-order valence-electron chi connectivity index (χ0n) is 17.9. The molecule has 6 heteroatoms. The average Bonchev–Trinajstić information content (AvgIpc) is 3.18. The van der Waals surface area contributed by atoms with Crippen molar-refractivity contribution in [2.24, 2.45) is 10.4 Å². The Morgan fingerprint density at radius 2 is 1.86 bits per heavy atom. The van der Waals surface area contributed by atoms with Crippen molar-refractivity contribution in [3.8, 4) is 0 Å². The Balaban J connectivity index is 1.94. The van der Waals surface area contributed by atoms with Gasteiger partial charge in [0, 0.05) is 40.8 Å². The lowest BCUT2D eigenvalue weighted by Gasteiger charge is -2.31. The van der Waals surface area contributed by atoms with Gasteiger partial charge >= 0.3 is 0 Å². The van der Waals surface area contributed by atoms with Gasteiger partial charge in [0.2, 0.25) is 5.91 Å². The van der Waals surface area contributed by atoms with Crippen molar-refractivity contribution >= 4 is 11.9 Å². The standard InChI is InChI=1S/C22H36N4O2/c1-5-14-28-16-19-11-7-6-10-18(19)15-24-21(23-2)25-17-22(12-8-9-13-22)20(27)26(3)4/h6-7,10-11H,5,8-9,12-17H2,1-4H3,(H2,23,24,25). The topological polar surface area (TPSA) is 66.0 Å². The van der Waals surface area contributed by atoms with Crippen LogP contribution in [0.15, 0.2) is 29.3 Å². The van der Waals surface area contributed by atoms with Gasteiger partial charge in [0.25, 0.3) is 0 Å². The van der Waals surface area contributed by atoms with Gasteiger partial charge in [-0.25, -0.2) is 0 Å². The van der Waals surface area contributed by atoms with Gasteiger partial charge in [0.15, 0.2) is 5.96 Å². The van der Waals surface area contributed by atoms with Gasteiger partial charge in [0.05, 0.1) is 12.0 Å². The molecule has 6 nitrogen and oxygen atoms in total. The lowest BCUT2D eigenvalue weighted by molar-refractivity contribution is -0.138. The number of hydrogen-bond acceptors (Lipinski definition) is 3. The third-order valence-electron chi connectivity index (χ3n) is 5.41. The Morgan fingerprint density at radius 1 is 1.18 bits per heavy atom. The summed E-state index contributed by atoms with van der Waals surface area (Å²) in [5.74, 6) is 0.938. The molecule has 0 saturated heterocycles. The molecule has 0 bridgehead atoms. The molecule has 1 saturated carbocycles. The summed E-state index contributed by atoms with van der Waals surface area (Å²) in [6.45, 7) is 4.79. The third-order valence-corrected chi connectivity index (χ3v) is 5.41. The molecule has 2 N–H and O–H groups in total. The van der Waals surface area contributed by atoms with Crippen molar-refractivity contribution in [2.75, 3.05) is 34.3 Å². The minimum atomic E-state index is -0.312. The quantitative estimate of drug-likeness (QED) is 0.388. The molecule has 1 fully saturated rings. The first-order valence-corrected chi connectivity index (χ1v) is 10.3. The number of hydrogen-bond donors (Lipinski definition) is 2. The number of guanidine groups is 1. The predicted octanol–water partition coefficient (Wildman–Crippen LogP) is 2.93. The first kappa shape index (κ1) is 22.2. The Labute approximate surface area is 169 Å². The lowest BCUT2D eigenvalue weighted by atomic mass is 9.84. The second-order valence-corrected chi connectivity index (χ2v) is 7.79. The summed E-state index contributed by atoms with van der Waals surface area (Å²) in [5.41, 5.74) is 2.07. The Hall–Kier alpha value is -2.08. The molecule has 2 rings (SSSR count). The van der Waals surface area contributed by atoms with Crippen LogP contribution in [-0.2, 0) is 22.7 Å².